The van der Waals surface area contributed by atoms with E-state index in [4.69, 9.17) is 9.47 Å². The molecular formula is C22H28N2O3. The van der Waals surface area contributed by atoms with E-state index < -0.39 is 0 Å². The molecule has 1 aromatic heterocycles. The summed E-state index contributed by atoms with van der Waals surface area (Å²) in [6.45, 7) is 5.12. The summed E-state index contributed by atoms with van der Waals surface area (Å²) in [5.41, 5.74) is 4.51. The van der Waals surface area contributed by atoms with Crippen molar-refractivity contribution >= 4 is 16.9 Å². The van der Waals surface area contributed by atoms with Gasteiger partial charge in [0.15, 0.2) is 0 Å². The molecule has 2 aliphatic heterocycles. The van der Waals surface area contributed by atoms with Crippen molar-refractivity contribution in [3.63, 3.8) is 0 Å². The number of carbonyl (C=O) groups excluding carboxylic acids is 1. The minimum atomic E-state index is -0.275. The largest absolute Gasteiger partial charge is 0.497 e. The molecule has 2 aliphatic rings. The zero-order valence-corrected chi connectivity index (χ0v) is 16.2. The van der Waals surface area contributed by atoms with Gasteiger partial charge in [-0.2, -0.15) is 0 Å². The van der Waals surface area contributed by atoms with Crippen LogP contribution in [0.1, 0.15) is 44.0 Å². The van der Waals surface area contributed by atoms with Gasteiger partial charge < -0.3 is 19.8 Å². The molecule has 3 heterocycles. The minimum absolute atomic E-state index is 0.0923. The maximum absolute atomic E-state index is 12.3. The predicted molar refractivity (Wildman–Crippen MR) is 105 cm³/mol. The molecule has 0 spiro atoms. The van der Waals surface area contributed by atoms with Crippen LogP contribution in [0.2, 0.25) is 0 Å². The van der Waals surface area contributed by atoms with E-state index in [1.807, 2.05) is 0 Å². The van der Waals surface area contributed by atoms with Crippen LogP contribution in [0.5, 0.6) is 0 Å². The number of hydrogen-bond donors (Lipinski definition) is 2. The molecule has 0 amide bonds. The standard InChI is InChI=1S/C22H28N2O3/c1-4-7-15-14-8-5-6-9-19(14)24-21(15)20-10-16-17(11-23-20)13(2)27-12-18(16)22(25)26-3/h5-6,8-9,12-13,16-17,20,23-24H,4,7,10-11H2,1-3H3/t13-,16+,17-,20+/m1/s1. The molecule has 1 fully saturated rings. The van der Waals surface area contributed by atoms with Gasteiger partial charge in [-0.25, -0.2) is 4.79 Å². The predicted octanol–water partition coefficient (Wildman–Crippen LogP) is 3.86. The number of esters is 1. The molecule has 1 aromatic carbocycles. The summed E-state index contributed by atoms with van der Waals surface area (Å²) in [6.07, 6.45) is 4.73. The van der Waals surface area contributed by atoms with E-state index in [1.54, 1.807) is 6.26 Å². The first-order valence-electron chi connectivity index (χ1n) is 9.90. The second-order valence-electron chi connectivity index (χ2n) is 7.69. The second-order valence-corrected chi connectivity index (χ2v) is 7.69. The summed E-state index contributed by atoms with van der Waals surface area (Å²) in [5, 5.41) is 5.02. The molecule has 5 heteroatoms. The molecule has 27 heavy (non-hydrogen) atoms. The van der Waals surface area contributed by atoms with Crippen molar-refractivity contribution in [1.82, 2.24) is 10.3 Å². The summed E-state index contributed by atoms with van der Waals surface area (Å²) >= 11 is 0. The second kappa shape index (κ2) is 7.39. The quantitative estimate of drug-likeness (QED) is 0.805. The molecular weight excluding hydrogens is 340 g/mol. The van der Waals surface area contributed by atoms with E-state index >= 15 is 0 Å². The number of hydrogen-bond acceptors (Lipinski definition) is 4. The van der Waals surface area contributed by atoms with Crippen LogP contribution >= 0.6 is 0 Å². The first kappa shape index (κ1) is 18.1. The Kier molecular flexibility index (Phi) is 4.96. The van der Waals surface area contributed by atoms with Crippen LogP contribution in [0.15, 0.2) is 36.1 Å². The van der Waals surface area contributed by atoms with Crippen LogP contribution < -0.4 is 5.32 Å². The number of H-pyrrole nitrogens is 1. The normalized spacial score (nSPS) is 27.6. The number of nitrogens with one attached hydrogen (secondary N) is 2. The number of aromatic amines is 1. The van der Waals surface area contributed by atoms with Crippen molar-refractivity contribution in [2.45, 2.75) is 45.3 Å². The Morgan fingerprint density at radius 2 is 2.15 bits per heavy atom. The summed E-state index contributed by atoms with van der Waals surface area (Å²) in [4.78, 5) is 15.9. The molecule has 0 unspecified atom stereocenters. The van der Waals surface area contributed by atoms with Crippen molar-refractivity contribution < 1.29 is 14.3 Å². The molecule has 0 bridgehead atoms. The van der Waals surface area contributed by atoms with Crippen LogP contribution in [0.25, 0.3) is 10.9 Å². The van der Waals surface area contributed by atoms with E-state index in [1.165, 1.54) is 29.3 Å². The third kappa shape index (κ3) is 3.14. The number of benzene rings is 1. The minimum Gasteiger partial charge on any atom is -0.497 e. The lowest BCUT2D eigenvalue weighted by Crippen LogP contribution is -2.47. The lowest BCUT2D eigenvalue weighted by atomic mass is 9.74. The number of para-hydroxylation sites is 1. The molecule has 5 nitrogen and oxygen atoms in total. The van der Waals surface area contributed by atoms with E-state index in [0.717, 1.165) is 25.8 Å². The Balaban J connectivity index is 1.69. The zero-order chi connectivity index (χ0) is 19.0. The summed E-state index contributed by atoms with van der Waals surface area (Å²) in [7, 11) is 1.44. The molecule has 2 N–H and O–H groups in total. The van der Waals surface area contributed by atoms with Gasteiger partial charge in [-0.15, -0.1) is 0 Å². The number of rotatable bonds is 4. The van der Waals surface area contributed by atoms with Gasteiger partial charge in [-0.05, 0) is 31.4 Å². The van der Waals surface area contributed by atoms with Gasteiger partial charge in [0.05, 0.1) is 25.0 Å². The molecule has 4 atom stereocenters. The number of carbonyl (C=O) groups is 1. The Bertz CT molecular complexity index is 870. The molecule has 0 radical (unpaired) electrons. The van der Waals surface area contributed by atoms with Gasteiger partial charge in [0, 0.05) is 41.0 Å². The molecule has 0 saturated carbocycles. The molecule has 144 valence electrons. The fourth-order valence-electron chi connectivity index (χ4n) is 4.73. The Morgan fingerprint density at radius 1 is 1.33 bits per heavy atom. The number of methoxy groups -OCH3 is 1. The third-order valence-corrected chi connectivity index (χ3v) is 6.13. The molecule has 1 saturated heterocycles. The van der Waals surface area contributed by atoms with E-state index in [9.17, 15) is 4.79 Å². The SMILES string of the molecule is CCCc1c([C@@H]2C[C@@H]3C(C(=O)OC)=CO[C@H](C)[C@H]3CN2)[nH]c2ccccc12. The van der Waals surface area contributed by atoms with Crippen molar-refractivity contribution in [3.05, 3.63) is 47.4 Å². The summed E-state index contributed by atoms with van der Waals surface area (Å²) in [5.74, 6) is 0.149. The van der Waals surface area contributed by atoms with Crippen molar-refractivity contribution in [3.8, 4) is 0 Å². The van der Waals surface area contributed by atoms with Crippen molar-refractivity contribution in [1.29, 1.82) is 0 Å². The number of ether oxygens (including phenoxy) is 2. The monoisotopic (exact) mass is 368 g/mol. The zero-order valence-electron chi connectivity index (χ0n) is 16.2. The lowest BCUT2D eigenvalue weighted by Gasteiger charge is -2.42. The van der Waals surface area contributed by atoms with Gasteiger partial charge in [0.25, 0.3) is 0 Å². The summed E-state index contributed by atoms with van der Waals surface area (Å²) in [6, 6.07) is 8.70. The van der Waals surface area contributed by atoms with Crippen LogP contribution in [-0.2, 0) is 20.7 Å². The van der Waals surface area contributed by atoms with Gasteiger partial charge in [-0.3, -0.25) is 0 Å². The molecule has 2 aromatic rings. The number of fused-ring (bicyclic) bond motifs is 2. The maximum Gasteiger partial charge on any atom is 0.337 e. The molecule has 4 rings (SSSR count). The Hall–Kier alpha value is -2.27. The van der Waals surface area contributed by atoms with Gasteiger partial charge in [-0.1, -0.05) is 31.5 Å². The van der Waals surface area contributed by atoms with Crippen molar-refractivity contribution in [2.75, 3.05) is 13.7 Å². The van der Waals surface area contributed by atoms with Crippen molar-refractivity contribution in [2.24, 2.45) is 11.8 Å². The fraction of sp³-hybridized carbons (Fsp3) is 0.500. The highest BCUT2D eigenvalue weighted by Crippen LogP contribution is 2.42. The number of aryl methyl sites for hydroxylation is 1. The first-order chi connectivity index (χ1) is 13.1. The molecule has 0 aliphatic carbocycles. The van der Waals surface area contributed by atoms with E-state index in [-0.39, 0.29) is 30.0 Å². The number of aromatic nitrogens is 1. The van der Waals surface area contributed by atoms with Gasteiger partial charge >= 0.3 is 5.97 Å². The van der Waals surface area contributed by atoms with E-state index in [0.29, 0.717) is 5.57 Å². The highest BCUT2D eigenvalue weighted by Gasteiger charge is 2.42. The third-order valence-electron chi connectivity index (χ3n) is 6.13. The highest BCUT2D eigenvalue weighted by molar-refractivity contribution is 5.89. The fourth-order valence-corrected chi connectivity index (χ4v) is 4.73. The Labute approximate surface area is 160 Å². The smallest absolute Gasteiger partial charge is 0.337 e. The highest BCUT2D eigenvalue weighted by atomic mass is 16.5. The maximum atomic E-state index is 12.3. The van der Waals surface area contributed by atoms with Gasteiger partial charge in [0.2, 0.25) is 0 Å². The van der Waals surface area contributed by atoms with Crippen LogP contribution in [0, 0.1) is 11.8 Å². The average molecular weight is 368 g/mol. The summed E-state index contributed by atoms with van der Waals surface area (Å²) < 4.78 is 10.7. The topological polar surface area (TPSA) is 63.4 Å². The van der Waals surface area contributed by atoms with Crippen LogP contribution in [0.3, 0.4) is 0 Å². The number of piperidine rings is 1. The average Bonchev–Trinajstić information content (AvgIpc) is 3.06. The van der Waals surface area contributed by atoms with Crippen LogP contribution in [-0.4, -0.2) is 30.7 Å². The van der Waals surface area contributed by atoms with Gasteiger partial charge in [0.1, 0.15) is 0 Å². The Morgan fingerprint density at radius 3 is 2.93 bits per heavy atom. The lowest BCUT2D eigenvalue weighted by molar-refractivity contribution is -0.138. The first-order valence-corrected chi connectivity index (χ1v) is 9.90. The van der Waals surface area contributed by atoms with E-state index in [2.05, 4.69) is 48.4 Å². The van der Waals surface area contributed by atoms with Crippen LogP contribution in [0.4, 0.5) is 0 Å².